The van der Waals surface area contributed by atoms with Crippen LogP contribution in [0.3, 0.4) is 0 Å². The first-order valence-corrected chi connectivity index (χ1v) is 8.03. The number of benzene rings is 1. The number of aryl methyl sites for hydroxylation is 1. The maximum Gasteiger partial charge on any atom is 0.327 e. The number of carbonyl (C=O) groups is 1. The molecule has 1 saturated carbocycles. The van der Waals surface area contributed by atoms with E-state index in [2.05, 4.69) is 11.2 Å². The van der Waals surface area contributed by atoms with Gasteiger partial charge in [0.05, 0.1) is 23.9 Å². The lowest BCUT2D eigenvalue weighted by atomic mass is 10.2. The molecule has 0 aliphatic heterocycles. The number of ether oxygens (including phenoxy) is 2. The van der Waals surface area contributed by atoms with Gasteiger partial charge in [0.25, 0.3) is 0 Å². The van der Waals surface area contributed by atoms with E-state index in [1.54, 1.807) is 35.9 Å². The third kappa shape index (κ3) is 3.40. The molecule has 1 aromatic carbocycles. The topological polar surface area (TPSA) is 77.1 Å². The summed E-state index contributed by atoms with van der Waals surface area (Å²) in [6, 6.07) is 9.03. The molecular weight excluding hydrogens is 306 g/mol. The Hall–Kier alpha value is -2.81. The fourth-order valence-electron chi connectivity index (χ4n) is 2.63. The van der Waals surface area contributed by atoms with Crippen molar-refractivity contribution in [1.82, 2.24) is 9.78 Å². The van der Waals surface area contributed by atoms with Crippen molar-refractivity contribution >= 4 is 5.97 Å². The van der Waals surface area contributed by atoms with Crippen molar-refractivity contribution in [2.24, 2.45) is 0 Å². The molecule has 0 spiro atoms. The Morgan fingerprint density at radius 3 is 2.67 bits per heavy atom. The molecule has 1 heterocycles. The second-order valence-corrected chi connectivity index (χ2v) is 5.77. The van der Waals surface area contributed by atoms with Gasteiger partial charge in [0.1, 0.15) is 18.0 Å². The van der Waals surface area contributed by atoms with Crippen molar-refractivity contribution in [3.63, 3.8) is 0 Å². The van der Waals surface area contributed by atoms with Gasteiger partial charge < -0.3 is 9.47 Å². The molecule has 0 N–H and O–H groups in total. The van der Waals surface area contributed by atoms with Crippen molar-refractivity contribution in [3.8, 4) is 17.6 Å². The van der Waals surface area contributed by atoms with Gasteiger partial charge >= 0.3 is 5.97 Å². The molecule has 0 unspecified atom stereocenters. The molecule has 2 aromatic rings. The molecular formula is C18H19N3O3. The highest BCUT2D eigenvalue weighted by Crippen LogP contribution is 2.46. The minimum atomic E-state index is -0.299. The van der Waals surface area contributed by atoms with E-state index in [-0.39, 0.29) is 12.5 Å². The molecule has 1 aromatic heterocycles. The van der Waals surface area contributed by atoms with Gasteiger partial charge in [0.2, 0.25) is 0 Å². The Morgan fingerprint density at radius 1 is 1.38 bits per heavy atom. The highest BCUT2D eigenvalue weighted by molar-refractivity contribution is 5.69. The Morgan fingerprint density at radius 2 is 2.08 bits per heavy atom. The van der Waals surface area contributed by atoms with Crippen LogP contribution in [-0.2, 0) is 16.1 Å². The van der Waals surface area contributed by atoms with E-state index in [0.29, 0.717) is 29.6 Å². The molecule has 6 heteroatoms. The van der Waals surface area contributed by atoms with Crippen LogP contribution in [0.15, 0.2) is 24.3 Å². The largest absolute Gasteiger partial charge is 0.465 e. The zero-order valence-electron chi connectivity index (χ0n) is 13.8. The second-order valence-electron chi connectivity index (χ2n) is 5.77. The van der Waals surface area contributed by atoms with Crippen molar-refractivity contribution in [3.05, 3.63) is 41.2 Å². The molecule has 0 bridgehead atoms. The maximum absolute atomic E-state index is 11.8. The number of esters is 1. The molecule has 3 rings (SSSR count). The summed E-state index contributed by atoms with van der Waals surface area (Å²) in [5, 5.41) is 13.3. The van der Waals surface area contributed by atoms with Crippen LogP contribution in [0.1, 0.15) is 42.6 Å². The standard InChI is InChI=1S/C18H19N3O3/c1-3-23-16(22)11-21-17(14-6-7-14)18(12(2)20-21)24-15-8-4-13(10-19)5-9-15/h4-5,8-9,14H,3,6-7,11H2,1-2H3. The number of nitrogens with zero attached hydrogens (tertiary/aromatic N) is 3. The molecule has 6 nitrogen and oxygen atoms in total. The summed E-state index contributed by atoms with van der Waals surface area (Å²) in [7, 11) is 0. The van der Waals surface area contributed by atoms with Crippen molar-refractivity contribution in [1.29, 1.82) is 5.26 Å². The Balaban J connectivity index is 1.88. The third-order valence-electron chi connectivity index (χ3n) is 3.86. The van der Waals surface area contributed by atoms with Crippen LogP contribution in [0.2, 0.25) is 0 Å². The molecule has 1 fully saturated rings. The van der Waals surface area contributed by atoms with Gasteiger partial charge in [-0.05, 0) is 51.0 Å². The summed E-state index contributed by atoms with van der Waals surface area (Å²) in [5.74, 6) is 1.42. The molecule has 1 aliphatic carbocycles. The van der Waals surface area contributed by atoms with Gasteiger partial charge in [-0.1, -0.05) is 0 Å². The normalized spacial score (nSPS) is 13.4. The van der Waals surface area contributed by atoms with Gasteiger partial charge in [0.15, 0.2) is 5.75 Å². The smallest absolute Gasteiger partial charge is 0.327 e. The molecule has 0 radical (unpaired) electrons. The van der Waals surface area contributed by atoms with Gasteiger partial charge in [0, 0.05) is 5.92 Å². The summed E-state index contributed by atoms with van der Waals surface area (Å²) in [6.45, 7) is 4.10. The first-order chi connectivity index (χ1) is 11.6. The highest BCUT2D eigenvalue weighted by Gasteiger charge is 2.33. The summed E-state index contributed by atoms with van der Waals surface area (Å²) >= 11 is 0. The minimum Gasteiger partial charge on any atom is -0.465 e. The molecule has 24 heavy (non-hydrogen) atoms. The maximum atomic E-state index is 11.8. The zero-order chi connectivity index (χ0) is 17.1. The van der Waals surface area contributed by atoms with E-state index in [1.165, 1.54) is 0 Å². The van der Waals surface area contributed by atoms with Crippen molar-refractivity contribution in [2.45, 2.75) is 39.2 Å². The van der Waals surface area contributed by atoms with Gasteiger partial charge in [-0.25, -0.2) is 0 Å². The molecule has 0 atom stereocenters. The second kappa shape index (κ2) is 6.75. The van der Waals surface area contributed by atoms with E-state index >= 15 is 0 Å². The van der Waals surface area contributed by atoms with E-state index in [4.69, 9.17) is 14.7 Å². The van der Waals surface area contributed by atoms with Crippen LogP contribution in [0.4, 0.5) is 0 Å². The third-order valence-corrected chi connectivity index (χ3v) is 3.86. The summed E-state index contributed by atoms with van der Waals surface area (Å²) in [6.07, 6.45) is 2.13. The predicted octanol–water partition coefficient (Wildman–Crippen LogP) is 3.30. The quantitative estimate of drug-likeness (QED) is 0.762. The van der Waals surface area contributed by atoms with Crippen LogP contribution in [-0.4, -0.2) is 22.4 Å². The van der Waals surface area contributed by atoms with Crippen molar-refractivity contribution in [2.75, 3.05) is 6.61 Å². The number of nitriles is 1. The monoisotopic (exact) mass is 325 g/mol. The van der Waals surface area contributed by atoms with Gasteiger partial charge in [-0.3, -0.25) is 9.48 Å². The van der Waals surface area contributed by atoms with E-state index in [1.807, 2.05) is 6.92 Å². The van der Waals surface area contributed by atoms with Crippen LogP contribution >= 0.6 is 0 Å². The number of carbonyl (C=O) groups excluding carboxylic acids is 1. The summed E-state index contributed by atoms with van der Waals surface area (Å²) < 4.78 is 12.7. The highest BCUT2D eigenvalue weighted by atomic mass is 16.5. The van der Waals surface area contributed by atoms with E-state index in [0.717, 1.165) is 24.2 Å². The fraction of sp³-hybridized carbons (Fsp3) is 0.389. The fourth-order valence-corrected chi connectivity index (χ4v) is 2.63. The zero-order valence-corrected chi connectivity index (χ0v) is 13.8. The van der Waals surface area contributed by atoms with E-state index < -0.39 is 0 Å². The lowest BCUT2D eigenvalue weighted by molar-refractivity contribution is -0.144. The lowest BCUT2D eigenvalue weighted by Gasteiger charge is -2.10. The number of hydrogen-bond acceptors (Lipinski definition) is 5. The van der Waals surface area contributed by atoms with Crippen LogP contribution in [0, 0.1) is 18.3 Å². The predicted molar refractivity (Wildman–Crippen MR) is 86.8 cm³/mol. The minimum absolute atomic E-state index is 0.0945. The number of aromatic nitrogens is 2. The average molecular weight is 325 g/mol. The summed E-state index contributed by atoms with van der Waals surface area (Å²) in [5.41, 5.74) is 2.27. The summed E-state index contributed by atoms with van der Waals surface area (Å²) in [4.78, 5) is 11.8. The van der Waals surface area contributed by atoms with Gasteiger partial charge in [-0.15, -0.1) is 0 Å². The van der Waals surface area contributed by atoms with Crippen LogP contribution < -0.4 is 4.74 Å². The van der Waals surface area contributed by atoms with Crippen molar-refractivity contribution < 1.29 is 14.3 Å². The number of rotatable bonds is 6. The van der Waals surface area contributed by atoms with Gasteiger partial charge in [-0.2, -0.15) is 10.4 Å². The molecule has 124 valence electrons. The first-order valence-electron chi connectivity index (χ1n) is 8.03. The first kappa shape index (κ1) is 16.1. The Kier molecular flexibility index (Phi) is 4.52. The molecule has 0 saturated heterocycles. The lowest BCUT2D eigenvalue weighted by Crippen LogP contribution is -2.16. The van der Waals surface area contributed by atoms with Crippen LogP contribution in [0.25, 0.3) is 0 Å². The number of hydrogen-bond donors (Lipinski definition) is 0. The SMILES string of the molecule is CCOC(=O)Cn1nc(C)c(Oc2ccc(C#N)cc2)c1C1CC1. The molecule has 1 aliphatic rings. The Bertz CT molecular complexity index is 783. The Labute approximate surface area is 140 Å². The molecule has 0 amide bonds. The van der Waals surface area contributed by atoms with E-state index in [9.17, 15) is 4.79 Å². The van der Waals surface area contributed by atoms with Crippen LogP contribution in [0.5, 0.6) is 11.5 Å². The average Bonchev–Trinajstić information content (AvgIpc) is 3.35.